The molecule has 170 valence electrons. The van der Waals surface area contributed by atoms with Crippen LogP contribution in [0.1, 0.15) is 65.7 Å². The summed E-state index contributed by atoms with van der Waals surface area (Å²) in [7, 11) is 0. The second-order valence-electron chi connectivity index (χ2n) is 7.91. The van der Waals surface area contributed by atoms with Gasteiger partial charge >= 0.3 is 35.5 Å². The number of carbonyl (C=O) groups is 3. The van der Waals surface area contributed by atoms with Crippen molar-refractivity contribution in [2.75, 3.05) is 39.3 Å². The Balaban J connectivity index is 0. The van der Waals surface area contributed by atoms with Crippen LogP contribution in [0, 0.1) is 11.8 Å². The topological polar surface area (TPSA) is 127 Å². The molecule has 8 nitrogen and oxygen atoms in total. The van der Waals surface area contributed by atoms with E-state index >= 15 is 0 Å². The molecule has 0 saturated carbocycles. The summed E-state index contributed by atoms with van der Waals surface area (Å²) in [5, 5.41) is 33.5. The van der Waals surface area contributed by atoms with Gasteiger partial charge in [-0.2, -0.15) is 0 Å². The van der Waals surface area contributed by atoms with Gasteiger partial charge in [-0.15, -0.1) is 0 Å². The molecule has 0 rings (SSSR count). The number of aliphatic hydroxyl groups is 1. The Bertz CT molecular complexity index is 480. The minimum absolute atomic E-state index is 0. The van der Waals surface area contributed by atoms with Gasteiger partial charge < -0.3 is 29.9 Å². The Morgan fingerprint density at radius 1 is 0.967 bits per heavy atom. The fraction of sp³-hybridized carbons (Fsp3) is 0.857. The Morgan fingerprint density at radius 2 is 1.57 bits per heavy atom. The van der Waals surface area contributed by atoms with E-state index in [2.05, 4.69) is 12.2 Å². The Morgan fingerprint density at radius 3 is 2.03 bits per heavy atom. The monoisotopic (exact) mass is 439 g/mol. The van der Waals surface area contributed by atoms with E-state index in [-0.39, 0.29) is 66.2 Å². The normalized spacial score (nSPS) is 14.8. The number of aliphatic hydroxyl groups excluding tert-OH is 1. The fourth-order valence-corrected chi connectivity index (χ4v) is 3.68. The molecule has 0 aliphatic rings. The predicted octanol–water partition coefficient (Wildman–Crippen LogP) is -2.23. The maximum absolute atomic E-state index is 12.1. The number of quaternary nitrogens is 1. The van der Waals surface area contributed by atoms with Crippen molar-refractivity contribution in [3.63, 3.8) is 0 Å². The van der Waals surface area contributed by atoms with Gasteiger partial charge in [-0.1, -0.05) is 40.0 Å². The van der Waals surface area contributed by atoms with Crippen LogP contribution in [-0.4, -0.2) is 71.9 Å². The first-order chi connectivity index (χ1) is 13.7. The number of rotatable bonds is 18. The van der Waals surface area contributed by atoms with Crippen molar-refractivity contribution in [3.05, 3.63) is 0 Å². The maximum atomic E-state index is 12.1. The minimum Gasteiger partial charge on any atom is -0.550 e. The van der Waals surface area contributed by atoms with Gasteiger partial charge in [0.2, 0.25) is 5.91 Å². The number of unbranched alkanes of at least 4 members (excludes halogenated alkanes) is 3. The molecule has 0 bridgehead atoms. The van der Waals surface area contributed by atoms with Gasteiger partial charge in [0.15, 0.2) is 0 Å². The summed E-state index contributed by atoms with van der Waals surface area (Å²) in [6, 6.07) is 0. The van der Waals surface area contributed by atoms with Gasteiger partial charge in [-0.25, -0.2) is 0 Å². The Kier molecular flexibility index (Phi) is 18.9. The third-order valence-electron chi connectivity index (χ3n) is 5.62. The van der Waals surface area contributed by atoms with Crippen LogP contribution in [0.2, 0.25) is 0 Å². The number of nitrogens with zero attached hydrogens (tertiary/aromatic N) is 1. The first kappa shape index (κ1) is 31.5. The number of carbonyl (C=O) groups excluding carboxylic acids is 2. The molecule has 9 heteroatoms. The molecule has 0 heterocycles. The number of carboxylic acid groups (broad SMARTS) is 2. The number of amides is 1. The van der Waals surface area contributed by atoms with Gasteiger partial charge in [0.05, 0.1) is 38.8 Å². The van der Waals surface area contributed by atoms with Gasteiger partial charge in [-0.05, 0) is 19.3 Å². The summed E-state index contributed by atoms with van der Waals surface area (Å²) in [5.41, 5.74) is 0. The molecule has 0 spiro atoms. The van der Waals surface area contributed by atoms with Crippen LogP contribution in [0.5, 0.6) is 0 Å². The summed E-state index contributed by atoms with van der Waals surface area (Å²) in [6.07, 6.45) is 5.25. The fourth-order valence-electron chi connectivity index (χ4n) is 3.68. The first-order valence-corrected chi connectivity index (χ1v) is 10.9. The van der Waals surface area contributed by atoms with Crippen molar-refractivity contribution < 1.29 is 63.7 Å². The number of aliphatic carboxylic acids is 2. The zero-order valence-corrected chi connectivity index (χ0v) is 21.3. The molecular formula is C21H40N2NaO6+. The van der Waals surface area contributed by atoms with Crippen LogP contribution in [0.15, 0.2) is 0 Å². The zero-order chi connectivity index (χ0) is 22.3. The standard InChI is InChI=1S/C21H40N2O6.Na/c1-4-7-8-9-10-19(25)22-11-12-23(13-14-24,15-17(5-2)20(26)27)16-18(6-3)21(28)29;/h17-18,24H,4-16H2,1-3H3,(H2-,22,25,26,27,28,29);/q;+1. The van der Waals surface area contributed by atoms with Crippen LogP contribution >= 0.6 is 0 Å². The average Bonchev–Trinajstić information content (AvgIpc) is 2.67. The van der Waals surface area contributed by atoms with E-state index in [0.717, 1.165) is 25.7 Å². The molecule has 1 amide bonds. The van der Waals surface area contributed by atoms with E-state index in [1.54, 1.807) is 13.8 Å². The molecule has 3 atom stereocenters. The van der Waals surface area contributed by atoms with Crippen molar-refractivity contribution in [3.8, 4) is 0 Å². The maximum Gasteiger partial charge on any atom is 1.00 e. The predicted molar refractivity (Wildman–Crippen MR) is 109 cm³/mol. The quantitative estimate of drug-likeness (QED) is 0.126. The van der Waals surface area contributed by atoms with Crippen LogP contribution in [0.3, 0.4) is 0 Å². The SMILES string of the molecule is CCCCCCC(=O)NCC[N+](CCO)(CC(CC)C(=O)[O-])CC(CC)C(=O)O.[Na+]. The van der Waals surface area contributed by atoms with E-state index in [9.17, 15) is 29.7 Å². The van der Waals surface area contributed by atoms with E-state index < -0.39 is 23.8 Å². The van der Waals surface area contributed by atoms with E-state index in [1.807, 2.05) is 0 Å². The molecule has 30 heavy (non-hydrogen) atoms. The van der Waals surface area contributed by atoms with Crippen molar-refractivity contribution in [1.29, 1.82) is 0 Å². The average molecular weight is 440 g/mol. The Hall–Kier alpha value is -0.670. The van der Waals surface area contributed by atoms with Gasteiger partial charge in [-0.3, -0.25) is 9.59 Å². The summed E-state index contributed by atoms with van der Waals surface area (Å²) in [5.74, 6) is -3.55. The molecule has 3 unspecified atom stereocenters. The molecule has 3 N–H and O–H groups in total. The van der Waals surface area contributed by atoms with Crippen molar-refractivity contribution >= 4 is 17.8 Å². The van der Waals surface area contributed by atoms with Gasteiger partial charge in [0.1, 0.15) is 12.5 Å². The molecule has 0 saturated heterocycles. The number of hydrogen-bond donors (Lipinski definition) is 3. The Labute approximate surface area is 203 Å². The summed E-state index contributed by atoms with van der Waals surface area (Å²) in [4.78, 5) is 35.1. The number of nitrogens with one attached hydrogen (secondary N) is 1. The van der Waals surface area contributed by atoms with Crippen molar-refractivity contribution in [2.24, 2.45) is 11.8 Å². The largest absolute Gasteiger partial charge is 1.00 e. The second-order valence-corrected chi connectivity index (χ2v) is 7.91. The van der Waals surface area contributed by atoms with Gasteiger partial charge in [0.25, 0.3) is 0 Å². The minimum atomic E-state index is -1.17. The van der Waals surface area contributed by atoms with E-state index in [1.165, 1.54) is 0 Å². The molecular weight excluding hydrogens is 399 g/mol. The van der Waals surface area contributed by atoms with Gasteiger partial charge in [0, 0.05) is 12.3 Å². The van der Waals surface area contributed by atoms with Crippen molar-refractivity contribution in [1.82, 2.24) is 5.32 Å². The third-order valence-corrected chi connectivity index (χ3v) is 5.62. The van der Waals surface area contributed by atoms with Crippen LogP contribution in [0.25, 0.3) is 0 Å². The second kappa shape index (κ2) is 18.0. The third kappa shape index (κ3) is 12.9. The van der Waals surface area contributed by atoms with Crippen LogP contribution in [0.4, 0.5) is 0 Å². The summed E-state index contributed by atoms with van der Waals surface area (Å²) >= 11 is 0. The van der Waals surface area contributed by atoms with E-state index in [4.69, 9.17) is 0 Å². The molecule has 0 aromatic heterocycles. The van der Waals surface area contributed by atoms with E-state index in [0.29, 0.717) is 32.4 Å². The van der Waals surface area contributed by atoms with Crippen LogP contribution < -0.4 is 40.0 Å². The molecule has 0 aromatic carbocycles. The summed E-state index contributed by atoms with van der Waals surface area (Å²) in [6.45, 7) is 6.75. The van der Waals surface area contributed by atoms with Crippen LogP contribution in [-0.2, 0) is 14.4 Å². The number of hydrogen-bond acceptors (Lipinski definition) is 5. The first-order valence-electron chi connectivity index (χ1n) is 10.9. The molecule has 0 radical (unpaired) electrons. The molecule has 0 fully saturated rings. The molecule has 0 aliphatic carbocycles. The molecule has 0 aromatic rings. The molecule has 0 aliphatic heterocycles. The zero-order valence-electron chi connectivity index (χ0n) is 19.3. The number of carboxylic acids is 2. The van der Waals surface area contributed by atoms with Crippen molar-refractivity contribution in [2.45, 2.75) is 65.7 Å². The smallest absolute Gasteiger partial charge is 0.550 e. The summed E-state index contributed by atoms with van der Waals surface area (Å²) < 4.78 is 0.129.